The molecule has 4 aromatic carbocycles. The van der Waals surface area contributed by atoms with E-state index in [1.807, 2.05) is 60.7 Å². The van der Waals surface area contributed by atoms with Gasteiger partial charge >= 0.3 is 0 Å². The lowest BCUT2D eigenvalue weighted by Gasteiger charge is -2.19. The van der Waals surface area contributed by atoms with Crippen LogP contribution in [0.25, 0.3) is 21.7 Å². The van der Waals surface area contributed by atoms with Gasteiger partial charge in [-0.2, -0.15) is 9.82 Å². The molecule has 8 heteroatoms. The maximum absolute atomic E-state index is 13.3. The summed E-state index contributed by atoms with van der Waals surface area (Å²) in [4.78, 5) is 13.4. The van der Waals surface area contributed by atoms with Crippen LogP contribution in [-0.2, 0) is 21.2 Å². The topological polar surface area (TPSA) is 104 Å². The van der Waals surface area contributed by atoms with Crippen LogP contribution in [0, 0.1) is 0 Å². The molecule has 0 bridgehead atoms. The van der Waals surface area contributed by atoms with Crippen LogP contribution in [0.4, 0.5) is 5.69 Å². The quantitative estimate of drug-likeness (QED) is 0.331. The van der Waals surface area contributed by atoms with Gasteiger partial charge in [0.1, 0.15) is 6.04 Å². The van der Waals surface area contributed by atoms with E-state index in [9.17, 15) is 13.2 Å². The van der Waals surface area contributed by atoms with E-state index in [2.05, 4.69) is 20.2 Å². The lowest BCUT2D eigenvalue weighted by atomic mass is 10.1. The van der Waals surface area contributed by atoms with Gasteiger partial charge in [0, 0.05) is 11.1 Å². The highest BCUT2D eigenvalue weighted by Crippen LogP contribution is 2.21. The maximum Gasteiger partial charge on any atom is 0.242 e. The number of aromatic nitrogens is 2. The van der Waals surface area contributed by atoms with E-state index in [0.717, 1.165) is 27.2 Å². The van der Waals surface area contributed by atoms with E-state index >= 15 is 0 Å². The van der Waals surface area contributed by atoms with Gasteiger partial charge < -0.3 is 5.32 Å². The lowest BCUT2D eigenvalue weighted by Crippen LogP contribution is -2.45. The van der Waals surface area contributed by atoms with E-state index in [-0.39, 0.29) is 11.3 Å². The highest BCUT2D eigenvalue weighted by Gasteiger charge is 2.26. The van der Waals surface area contributed by atoms with Gasteiger partial charge in [-0.1, -0.05) is 60.7 Å². The molecule has 0 spiro atoms. The number of hydrogen-bond acceptors (Lipinski definition) is 4. The predicted molar refractivity (Wildman–Crippen MR) is 133 cm³/mol. The second-order valence-electron chi connectivity index (χ2n) is 8.03. The van der Waals surface area contributed by atoms with Gasteiger partial charge in [-0.25, -0.2) is 8.42 Å². The third kappa shape index (κ3) is 4.68. The Labute approximate surface area is 196 Å². The number of amides is 1. The second kappa shape index (κ2) is 9.09. The molecule has 0 fully saturated rings. The average molecular weight is 471 g/mol. The zero-order valence-electron chi connectivity index (χ0n) is 18.1. The number of hydrogen-bond donors (Lipinski definition) is 3. The van der Waals surface area contributed by atoms with Crippen molar-refractivity contribution in [1.82, 2.24) is 14.9 Å². The van der Waals surface area contributed by atoms with Crippen molar-refractivity contribution in [2.45, 2.75) is 17.4 Å². The molecule has 1 heterocycles. The lowest BCUT2D eigenvalue weighted by molar-refractivity contribution is -0.117. The first-order chi connectivity index (χ1) is 16.5. The molecule has 5 rings (SSSR count). The number of H-pyrrole nitrogens is 1. The number of carbonyl (C=O) groups excluding carboxylic acids is 1. The summed E-state index contributed by atoms with van der Waals surface area (Å²) >= 11 is 0. The molecule has 3 N–H and O–H groups in total. The van der Waals surface area contributed by atoms with E-state index in [0.29, 0.717) is 5.69 Å². The van der Waals surface area contributed by atoms with Crippen molar-refractivity contribution >= 4 is 43.3 Å². The summed E-state index contributed by atoms with van der Waals surface area (Å²) in [5, 5.41) is 12.3. The van der Waals surface area contributed by atoms with Crippen LogP contribution in [-0.4, -0.2) is 30.6 Å². The number of carbonyl (C=O) groups is 1. The summed E-state index contributed by atoms with van der Waals surface area (Å²) in [6, 6.07) is 26.1. The minimum absolute atomic E-state index is 0.108. The highest BCUT2D eigenvalue weighted by atomic mass is 32.2. The van der Waals surface area contributed by atoms with E-state index in [4.69, 9.17) is 0 Å². The number of nitrogens with zero attached hydrogens (tertiary/aromatic N) is 1. The molecule has 1 amide bonds. The highest BCUT2D eigenvalue weighted by molar-refractivity contribution is 7.89. The van der Waals surface area contributed by atoms with Crippen LogP contribution in [0.3, 0.4) is 0 Å². The van der Waals surface area contributed by atoms with Gasteiger partial charge in [0.15, 0.2) is 0 Å². The fourth-order valence-corrected chi connectivity index (χ4v) is 5.11. The Kier molecular flexibility index (Phi) is 5.83. The van der Waals surface area contributed by atoms with Crippen LogP contribution in [0.15, 0.2) is 102 Å². The molecule has 170 valence electrons. The predicted octanol–water partition coefficient (Wildman–Crippen LogP) is 4.24. The van der Waals surface area contributed by atoms with Crippen LogP contribution in [0.2, 0.25) is 0 Å². The average Bonchev–Trinajstić information content (AvgIpc) is 3.32. The standard InChI is InChI=1S/C26H22N4O3S/c31-26(28-22-11-13-24-21(15-22)17-27-29-24)25(14-18-6-2-1-3-7-18)30-34(32,33)23-12-10-19-8-4-5-9-20(19)16-23/h1-13,15-17,25,30H,14H2,(H,27,29)(H,28,31). The smallest absolute Gasteiger partial charge is 0.242 e. The molecule has 5 aromatic rings. The molecule has 0 saturated heterocycles. The number of rotatable bonds is 7. The van der Waals surface area contributed by atoms with Crippen LogP contribution < -0.4 is 10.0 Å². The molecule has 7 nitrogen and oxygen atoms in total. The number of nitrogens with one attached hydrogen (secondary N) is 3. The Morgan fingerprint density at radius 3 is 2.44 bits per heavy atom. The molecule has 0 radical (unpaired) electrons. The Balaban J connectivity index is 1.43. The van der Waals surface area contributed by atoms with Crippen molar-refractivity contribution in [3.63, 3.8) is 0 Å². The van der Waals surface area contributed by atoms with Crippen molar-refractivity contribution in [2.75, 3.05) is 5.32 Å². The molecule has 0 aliphatic rings. The Bertz CT molecular complexity index is 1580. The van der Waals surface area contributed by atoms with Gasteiger partial charge in [-0.15, -0.1) is 0 Å². The zero-order valence-corrected chi connectivity index (χ0v) is 18.9. The van der Waals surface area contributed by atoms with Crippen molar-refractivity contribution < 1.29 is 13.2 Å². The van der Waals surface area contributed by atoms with Crippen molar-refractivity contribution in [2.24, 2.45) is 0 Å². The minimum Gasteiger partial charge on any atom is -0.325 e. The Hall–Kier alpha value is -4.01. The van der Waals surface area contributed by atoms with Gasteiger partial charge in [0.05, 0.1) is 16.6 Å². The Morgan fingerprint density at radius 1 is 0.853 bits per heavy atom. The van der Waals surface area contributed by atoms with Crippen molar-refractivity contribution in [3.8, 4) is 0 Å². The molecular weight excluding hydrogens is 448 g/mol. The molecule has 0 aliphatic carbocycles. The number of benzene rings is 4. The van der Waals surface area contributed by atoms with Crippen molar-refractivity contribution in [1.29, 1.82) is 0 Å². The summed E-state index contributed by atoms with van der Waals surface area (Å²) < 4.78 is 29.2. The number of fused-ring (bicyclic) bond motifs is 2. The monoisotopic (exact) mass is 470 g/mol. The number of aromatic amines is 1. The van der Waals surface area contributed by atoms with Gasteiger partial charge in [-0.05, 0) is 53.1 Å². The number of sulfonamides is 1. The third-order valence-electron chi connectivity index (χ3n) is 5.64. The third-order valence-corrected chi connectivity index (χ3v) is 7.10. The second-order valence-corrected chi connectivity index (χ2v) is 9.75. The number of anilines is 1. The zero-order chi connectivity index (χ0) is 23.5. The normalized spacial score (nSPS) is 12.6. The van der Waals surface area contributed by atoms with E-state index in [1.165, 1.54) is 0 Å². The van der Waals surface area contributed by atoms with Crippen LogP contribution in [0.5, 0.6) is 0 Å². The molecular formula is C26H22N4O3S. The summed E-state index contributed by atoms with van der Waals surface area (Å²) in [5.41, 5.74) is 2.24. The van der Waals surface area contributed by atoms with E-state index in [1.54, 1.807) is 36.5 Å². The summed E-state index contributed by atoms with van der Waals surface area (Å²) in [5.74, 6) is -0.448. The molecule has 0 aliphatic heterocycles. The first kappa shape index (κ1) is 21.8. The molecule has 34 heavy (non-hydrogen) atoms. The summed E-state index contributed by atoms with van der Waals surface area (Å²) in [7, 11) is -3.96. The summed E-state index contributed by atoms with van der Waals surface area (Å²) in [6.07, 6.45) is 1.86. The maximum atomic E-state index is 13.3. The minimum atomic E-state index is -3.96. The van der Waals surface area contributed by atoms with Crippen LogP contribution >= 0.6 is 0 Å². The van der Waals surface area contributed by atoms with Crippen LogP contribution in [0.1, 0.15) is 5.56 Å². The summed E-state index contributed by atoms with van der Waals surface area (Å²) in [6.45, 7) is 0. The molecule has 0 saturated carbocycles. The first-order valence-corrected chi connectivity index (χ1v) is 12.3. The van der Waals surface area contributed by atoms with E-state index < -0.39 is 22.0 Å². The largest absolute Gasteiger partial charge is 0.325 e. The fraction of sp³-hybridized carbons (Fsp3) is 0.0769. The Morgan fingerprint density at radius 2 is 1.62 bits per heavy atom. The molecule has 1 atom stereocenters. The van der Waals surface area contributed by atoms with Gasteiger partial charge in [-0.3, -0.25) is 9.89 Å². The van der Waals surface area contributed by atoms with Gasteiger partial charge in [0.2, 0.25) is 15.9 Å². The SMILES string of the molecule is O=C(Nc1ccc2[nH]ncc2c1)C(Cc1ccccc1)NS(=O)(=O)c1ccc2ccccc2c1. The first-order valence-electron chi connectivity index (χ1n) is 10.8. The molecule has 1 aromatic heterocycles. The van der Waals surface area contributed by atoms with Gasteiger partial charge in [0.25, 0.3) is 0 Å². The molecule has 1 unspecified atom stereocenters. The van der Waals surface area contributed by atoms with Crippen molar-refractivity contribution in [3.05, 3.63) is 103 Å². The fourth-order valence-electron chi connectivity index (χ4n) is 3.88.